The summed E-state index contributed by atoms with van der Waals surface area (Å²) in [6.45, 7) is 13.5. The van der Waals surface area contributed by atoms with Gasteiger partial charge in [0.15, 0.2) is 10.9 Å². The molecular weight excluding hydrogens is 394 g/mol. The number of amides is 1. The van der Waals surface area contributed by atoms with Crippen LogP contribution in [-0.2, 0) is 0 Å². The number of likely N-dealkylation sites (N-methyl/N-ethyl adjacent to an activating group) is 1. The summed E-state index contributed by atoms with van der Waals surface area (Å²) >= 11 is 1.56. The van der Waals surface area contributed by atoms with Gasteiger partial charge in [0, 0.05) is 11.1 Å². The van der Waals surface area contributed by atoms with E-state index < -0.39 is 0 Å². The number of rotatable bonds is 8. The van der Waals surface area contributed by atoms with Gasteiger partial charge in [-0.2, -0.15) is 0 Å². The predicted octanol–water partition coefficient (Wildman–Crippen LogP) is 3.69. The predicted molar refractivity (Wildman–Crippen MR) is 124 cm³/mol. The Morgan fingerprint density at radius 3 is 2.23 bits per heavy atom. The smallest absolute Gasteiger partial charge is 0.260 e. The fourth-order valence-corrected chi connectivity index (χ4v) is 4.54. The molecule has 0 atom stereocenters. The molecule has 2 aromatic carbocycles. The Morgan fingerprint density at radius 1 is 1.00 bits per heavy atom. The highest BCUT2D eigenvalue weighted by molar-refractivity contribution is 7.22. The third-order valence-electron chi connectivity index (χ3n) is 5.78. The van der Waals surface area contributed by atoms with E-state index in [0.717, 1.165) is 40.5 Å². The first-order chi connectivity index (χ1) is 14.3. The van der Waals surface area contributed by atoms with Crippen LogP contribution in [0.5, 0.6) is 0 Å². The first-order valence-electron chi connectivity index (χ1n) is 10.5. The molecule has 0 aliphatic rings. The van der Waals surface area contributed by atoms with Crippen LogP contribution in [0.2, 0.25) is 0 Å². The molecule has 0 aliphatic carbocycles. The lowest BCUT2D eigenvalue weighted by Gasteiger charge is -2.23. The molecule has 0 bridgehead atoms. The highest BCUT2D eigenvalue weighted by Crippen LogP contribution is 2.32. The number of Topliss-reactive ketones (excluding diaryl/α,β-unsaturated/α-hetero) is 1. The number of anilines is 1. The standard InChI is InChI=1S/C24H29N3O2S/c1-6-26(7-2)14-15-27(23(29)20-11-9-19(10-12-20)18(5)28)24-25-22-17(4)16(3)8-13-21(22)30-24/h8-13H,6-7,14-15H2,1-5H3/p+1. The van der Waals surface area contributed by atoms with E-state index in [1.807, 2.05) is 0 Å². The van der Waals surface area contributed by atoms with Crippen molar-refractivity contribution in [1.29, 1.82) is 0 Å². The minimum atomic E-state index is -0.0786. The molecule has 3 rings (SSSR count). The maximum absolute atomic E-state index is 13.4. The Balaban J connectivity index is 1.98. The molecule has 0 fully saturated rings. The molecule has 0 aliphatic heterocycles. The normalized spacial score (nSPS) is 11.3. The van der Waals surface area contributed by atoms with Gasteiger partial charge in [0.25, 0.3) is 5.91 Å². The topological polar surface area (TPSA) is 54.7 Å². The first kappa shape index (κ1) is 22.1. The SMILES string of the molecule is CC[NH+](CC)CCN(C(=O)c1ccc(C(C)=O)cc1)c1nc2c(C)c(C)ccc2s1. The lowest BCUT2D eigenvalue weighted by Crippen LogP contribution is -3.12. The maximum Gasteiger partial charge on any atom is 0.260 e. The van der Waals surface area contributed by atoms with Gasteiger partial charge in [0.1, 0.15) is 0 Å². The van der Waals surface area contributed by atoms with E-state index in [1.54, 1.807) is 40.5 Å². The summed E-state index contributed by atoms with van der Waals surface area (Å²) in [6, 6.07) is 11.1. The minimum absolute atomic E-state index is 0.00648. The van der Waals surface area contributed by atoms with E-state index >= 15 is 0 Å². The number of fused-ring (bicyclic) bond motifs is 1. The van der Waals surface area contributed by atoms with Crippen molar-refractivity contribution in [2.75, 3.05) is 31.1 Å². The number of aromatic nitrogens is 1. The summed E-state index contributed by atoms with van der Waals surface area (Å²) < 4.78 is 1.09. The van der Waals surface area contributed by atoms with Crippen LogP contribution in [0.3, 0.4) is 0 Å². The zero-order valence-electron chi connectivity index (χ0n) is 18.4. The summed E-state index contributed by atoms with van der Waals surface area (Å²) in [4.78, 5) is 33.1. The van der Waals surface area contributed by atoms with E-state index in [9.17, 15) is 9.59 Å². The van der Waals surface area contributed by atoms with Crippen LogP contribution in [0, 0.1) is 13.8 Å². The maximum atomic E-state index is 13.4. The summed E-state index contributed by atoms with van der Waals surface area (Å²) in [6.07, 6.45) is 0. The fraction of sp³-hybridized carbons (Fsp3) is 0.375. The van der Waals surface area contributed by atoms with Crippen molar-refractivity contribution in [2.45, 2.75) is 34.6 Å². The number of carbonyl (C=O) groups is 2. The largest absolute Gasteiger partial charge is 0.334 e. The Morgan fingerprint density at radius 2 is 1.63 bits per heavy atom. The lowest BCUT2D eigenvalue weighted by atomic mass is 10.1. The monoisotopic (exact) mass is 424 g/mol. The zero-order chi connectivity index (χ0) is 21.8. The van der Waals surface area contributed by atoms with Crippen molar-refractivity contribution in [1.82, 2.24) is 4.98 Å². The van der Waals surface area contributed by atoms with Gasteiger partial charge in [-0.25, -0.2) is 4.98 Å². The lowest BCUT2D eigenvalue weighted by molar-refractivity contribution is -0.894. The number of hydrogen-bond acceptors (Lipinski definition) is 4. The second-order valence-corrected chi connectivity index (χ2v) is 8.66. The van der Waals surface area contributed by atoms with Crippen molar-refractivity contribution in [3.8, 4) is 0 Å². The van der Waals surface area contributed by atoms with Crippen LogP contribution in [0.4, 0.5) is 5.13 Å². The van der Waals surface area contributed by atoms with Crippen LogP contribution in [0.25, 0.3) is 10.2 Å². The van der Waals surface area contributed by atoms with Gasteiger partial charge >= 0.3 is 0 Å². The van der Waals surface area contributed by atoms with Gasteiger partial charge in [-0.15, -0.1) is 0 Å². The summed E-state index contributed by atoms with van der Waals surface area (Å²) in [5, 5.41) is 0.728. The Labute approximate surface area is 182 Å². The average molecular weight is 425 g/mol. The summed E-state index contributed by atoms with van der Waals surface area (Å²) in [7, 11) is 0. The van der Waals surface area contributed by atoms with Gasteiger partial charge in [-0.3, -0.25) is 14.5 Å². The molecule has 30 heavy (non-hydrogen) atoms. The molecule has 5 nitrogen and oxygen atoms in total. The third kappa shape index (κ3) is 4.60. The van der Waals surface area contributed by atoms with Gasteiger partial charge < -0.3 is 4.90 Å². The summed E-state index contributed by atoms with van der Waals surface area (Å²) in [5.74, 6) is -0.0851. The van der Waals surface area contributed by atoms with E-state index in [1.165, 1.54) is 17.4 Å². The van der Waals surface area contributed by atoms with Crippen molar-refractivity contribution >= 4 is 38.4 Å². The van der Waals surface area contributed by atoms with Crippen LogP contribution in [-0.4, -0.2) is 42.9 Å². The van der Waals surface area contributed by atoms with Gasteiger partial charge in [-0.1, -0.05) is 29.5 Å². The van der Waals surface area contributed by atoms with E-state index in [0.29, 0.717) is 17.7 Å². The van der Waals surface area contributed by atoms with Gasteiger partial charge in [0.2, 0.25) is 0 Å². The number of aryl methyl sites for hydroxylation is 2. The van der Waals surface area contributed by atoms with Crippen molar-refractivity contribution in [3.63, 3.8) is 0 Å². The molecule has 1 heterocycles. The molecule has 1 amide bonds. The molecule has 158 valence electrons. The molecule has 0 spiro atoms. The summed E-state index contributed by atoms with van der Waals surface area (Å²) in [5.41, 5.74) is 4.50. The third-order valence-corrected chi connectivity index (χ3v) is 6.82. The van der Waals surface area contributed by atoms with Crippen LogP contribution in [0.15, 0.2) is 36.4 Å². The molecule has 1 aromatic heterocycles. The van der Waals surface area contributed by atoms with Crippen molar-refractivity contribution < 1.29 is 14.5 Å². The minimum Gasteiger partial charge on any atom is -0.334 e. The number of quaternary nitrogens is 1. The molecule has 0 saturated heterocycles. The molecule has 0 unspecified atom stereocenters. The number of hydrogen-bond donors (Lipinski definition) is 1. The number of nitrogens with one attached hydrogen (secondary N) is 1. The molecular formula is C24H30N3O2S+. The first-order valence-corrected chi connectivity index (χ1v) is 11.3. The quantitative estimate of drug-likeness (QED) is 0.561. The number of ketones is 1. The highest BCUT2D eigenvalue weighted by atomic mass is 32.1. The van der Waals surface area contributed by atoms with E-state index in [4.69, 9.17) is 4.98 Å². The second kappa shape index (κ2) is 9.49. The van der Waals surface area contributed by atoms with Gasteiger partial charge in [-0.05, 0) is 63.9 Å². The van der Waals surface area contributed by atoms with Gasteiger partial charge in [0.05, 0.1) is 36.4 Å². The highest BCUT2D eigenvalue weighted by Gasteiger charge is 2.23. The van der Waals surface area contributed by atoms with E-state index in [2.05, 4.69) is 39.8 Å². The zero-order valence-corrected chi connectivity index (χ0v) is 19.2. The number of nitrogens with zero attached hydrogens (tertiary/aromatic N) is 2. The molecule has 3 aromatic rings. The Kier molecular flexibility index (Phi) is 7.00. The van der Waals surface area contributed by atoms with Crippen molar-refractivity contribution in [2.24, 2.45) is 0 Å². The van der Waals surface area contributed by atoms with Crippen LogP contribution < -0.4 is 9.80 Å². The Bertz CT molecular complexity index is 1050. The molecule has 0 saturated carbocycles. The van der Waals surface area contributed by atoms with Crippen LogP contribution >= 0.6 is 11.3 Å². The number of carbonyl (C=O) groups excluding carboxylic acids is 2. The number of benzene rings is 2. The van der Waals surface area contributed by atoms with Crippen LogP contribution in [0.1, 0.15) is 52.6 Å². The second-order valence-electron chi connectivity index (χ2n) is 7.65. The molecule has 1 N–H and O–H groups in total. The van der Waals surface area contributed by atoms with E-state index in [-0.39, 0.29) is 11.7 Å². The average Bonchev–Trinajstić information content (AvgIpc) is 3.18. The Hall–Kier alpha value is -2.57. The van der Waals surface area contributed by atoms with Crippen molar-refractivity contribution in [3.05, 3.63) is 58.7 Å². The number of thiazole rings is 1. The molecule has 6 heteroatoms. The fourth-order valence-electron chi connectivity index (χ4n) is 3.49. The molecule has 0 radical (unpaired) electrons.